The largest absolute Gasteiger partial charge is 0.325 e. The van der Waals surface area contributed by atoms with Crippen LogP contribution in [0.15, 0.2) is 58.5 Å². The summed E-state index contributed by atoms with van der Waals surface area (Å²) in [5, 5.41) is 11.5. The molecule has 0 saturated carbocycles. The second kappa shape index (κ2) is 7.35. The minimum absolute atomic E-state index is 0.164. The number of thioether (sulfide) groups is 1. The van der Waals surface area contributed by atoms with E-state index in [9.17, 15) is 9.59 Å². The third-order valence-electron chi connectivity index (χ3n) is 4.24. The minimum atomic E-state index is -0.396. The molecule has 9 heteroatoms. The molecule has 0 aliphatic carbocycles. The van der Waals surface area contributed by atoms with Crippen LogP contribution >= 0.6 is 11.8 Å². The Morgan fingerprint density at radius 1 is 1.11 bits per heavy atom. The molecule has 0 spiro atoms. The monoisotopic (exact) mass is 394 g/mol. The van der Waals surface area contributed by atoms with Crippen LogP contribution < -0.4 is 11.0 Å². The molecular formula is C19H18N6O2S. The molecule has 2 aromatic heterocycles. The first-order chi connectivity index (χ1) is 13.5. The predicted octanol–water partition coefficient (Wildman–Crippen LogP) is 2.86. The molecule has 0 radical (unpaired) electrons. The number of H-pyrrole nitrogens is 2. The molecule has 0 unspecified atom stereocenters. The maximum atomic E-state index is 12.6. The van der Waals surface area contributed by atoms with Crippen LogP contribution in [0.25, 0.3) is 16.7 Å². The zero-order chi connectivity index (χ0) is 19.7. The first-order valence-electron chi connectivity index (χ1n) is 8.68. The van der Waals surface area contributed by atoms with Gasteiger partial charge in [-0.1, -0.05) is 30.0 Å². The highest BCUT2D eigenvalue weighted by molar-refractivity contribution is 8.00. The standard InChI is InChI=1S/C19H18N6O2S/c1-11(17(26)20-13-8-9-15-16(10-13)22-18(27)21-15)28-19-24-23-12(2)25(19)14-6-4-3-5-7-14/h3-11H,1-2H3,(H,20,26)(H2,21,22,27)/t11-/m0/s1. The number of nitrogens with one attached hydrogen (secondary N) is 3. The lowest BCUT2D eigenvalue weighted by Gasteiger charge is -2.13. The van der Waals surface area contributed by atoms with Gasteiger partial charge >= 0.3 is 5.69 Å². The van der Waals surface area contributed by atoms with Crippen molar-refractivity contribution in [3.05, 3.63) is 64.8 Å². The molecular weight excluding hydrogens is 376 g/mol. The SMILES string of the molecule is Cc1nnc(S[C@@H](C)C(=O)Nc2ccc3[nH]c(=O)[nH]c3c2)n1-c1ccccc1. The van der Waals surface area contributed by atoms with Gasteiger partial charge in [0.25, 0.3) is 0 Å². The van der Waals surface area contributed by atoms with Crippen molar-refractivity contribution in [2.45, 2.75) is 24.3 Å². The Balaban J connectivity index is 1.51. The number of para-hydroxylation sites is 1. The highest BCUT2D eigenvalue weighted by atomic mass is 32.2. The summed E-state index contributed by atoms with van der Waals surface area (Å²) in [5.74, 6) is 0.589. The van der Waals surface area contributed by atoms with Gasteiger partial charge in [0.1, 0.15) is 5.82 Å². The van der Waals surface area contributed by atoms with E-state index >= 15 is 0 Å². The smallest absolute Gasteiger partial charge is 0.323 e. The van der Waals surface area contributed by atoms with Crippen LogP contribution in [0.1, 0.15) is 12.7 Å². The van der Waals surface area contributed by atoms with Crippen LogP contribution in [0, 0.1) is 6.92 Å². The number of anilines is 1. The molecule has 8 nitrogen and oxygen atoms in total. The van der Waals surface area contributed by atoms with E-state index in [4.69, 9.17) is 0 Å². The van der Waals surface area contributed by atoms with Crippen LogP contribution in [-0.4, -0.2) is 35.9 Å². The van der Waals surface area contributed by atoms with Crippen LogP contribution in [-0.2, 0) is 4.79 Å². The van der Waals surface area contributed by atoms with Crippen molar-refractivity contribution in [1.29, 1.82) is 0 Å². The highest BCUT2D eigenvalue weighted by Crippen LogP contribution is 2.26. The maximum absolute atomic E-state index is 12.6. The van der Waals surface area contributed by atoms with Gasteiger partial charge in [-0.3, -0.25) is 9.36 Å². The Labute approximate surface area is 164 Å². The van der Waals surface area contributed by atoms with Gasteiger partial charge in [-0.05, 0) is 44.2 Å². The third kappa shape index (κ3) is 3.56. The molecule has 0 aliphatic rings. The van der Waals surface area contributed by atoms with Gasteiger partial charge in [0, 0.05) is 11.4 Å². The number of carbonyl (C=O) groups is 1. The van der Waals surface area contributed by atoms with Crippen molar-refractivity contribution in [1.82, 2.24) is 24.7 Å². The van der Waals surface area contributed by atoms with Gasteiger partial charge in [0.05, 0.1) is 16.3 Å². The Kier molecular flexibility index (Phi) is 4.74. The topological polar surface area (TPSA) is 108 Å². The van der Waals surface area contributed by atoms with E-state index < -0.39 is 5.25 Å². The molecule has 1 atom stereocenters. The molecule has 0 saturated heterocycles. The van der Waals surface area contributed by atoms with E-state index in [0.717, 1.165) is 11.5 Å². The summed E-state index contributed by atoms with van der Waals surface area (Å²) in [6.07, 6.45) is 0. The van der Waals surface area contributed by atoms with Crippen molar-refractivity contribution < 1.29 is 4.79 Å². The van der Waals surface area contributed by atoms with Crippen molar-refractivity contribution in [3.63, 3.8) is 0 Å². The second-order valence-corrected chi connectivity index (χ2v) is 7.60. The van der Waals surface area contributed by atoms with Gasteiger partial charge in [0.2, 0.25) is 5.91 Å². The van der Waals surface area contributed by atoms with Gasteiger partial charge in [0.15, 0.2) is 5.16 Å². The fourth-order valence-electron chi connectivity index (χ4n) is 2.86. The molecule has 3 N–H and O–H groups in total. The Morgan fingerprint density at radius 3 is 2.64 bits per heavy atom. The Hall–Kier alpha value is -3.33. The van der Waals surface area contributed by atoms with Gasteiger partial charge in [-0.2, -0.15) is 0 Å². The highest BCUT2D eigenvalue weighted by Gasteiger charge is 2.20. The van der Waals surface area contributed by atoms with E-state index in [1.54, 1.807) is 18.2 Å². The molecule has 0 aliphatic heterocycles. The van der Waals surface area contributed by atoms with Crippen LogP contribution in [0.4, 0.5) is 5.69 Å². The zero-order valence-corrected chi connectivity index (χ0v) is 16.1. The number of hydrogen-bond acceptors (Lipinski definition) is 5. The number of amides is 1. The average Bonchev–Trinajstić information content (AvgIpc) is 3.23. The second-order valence-electron chi connectivity index (χ2n) is 6.29. The number of rotatable bonds is 5. The third-order valence-corrected chi connectivity index (χ3v) is 5.29. The Bertz CT molecular complexity index is 1190. The van der Waals surface area contributed by atoms with E-state index in [1.165, 1.54) is 11.8 Å². The lowest BCUT2D eigenvalue weighted by molar-refractivity contribution is -0.115. The lowest BCUT2D eigenvalue weighted by atomic mass is 10.2. The fraction of sp³-hybridized carbons (Fsp3) is 0.158. The van der Waals surface area contributed by atoms with E-state index in [1.807, 2.05) is 48.7 Å². The molecule has 0 fully saturated rings. The molecule has 2 aromatic carbocycles. The van der Waals surface area contributed by atoms with Crippen LogP contribution in [0.3, 0.4) is 0 Å². The molecule has 4 aromatic rings. The van der Waals surface area contributed by atoms with E-state index in [-0.39, 0.29) is 11.6 Å². The number of hydrogen-bond donors (Lipinski definition) is 3. The van der Waals surface area contributed by atoms with E-state index in [2.05, 4.69) is 25.5 Å². The zero-order valence-electron chi connectivity index (χ0n) is 15.3. The van der Waals surface area contributed by atoms with Crippen molar-refractivity contribution in [2.24, 2.45) is 0 Å². The molecule has 0 bridgehead atoms. The van der Waals surface area contributed by atoms with Gasteiger partial charge < -0.3 is 15.3 Å². The molecule has 1 amide bonds. The molecule has 28 heavy (non-hydrogen) atoms. The van der Waals surface area contributed by atoms with Gasteiger partial charge in [-0.15, -0.1) is 10.2 Å². The van der Waals surface area contributed by atoms with Crippen molar-refractivity contribution >= 4 is 34.4 Å². The molecule has 2 heterocycles. The summed E-state index contributed by atoms with van der Waals surface area (Å²) in [4.78, 5) is 29.4. The lowest BCUT2D eigenvalue weighted by Crippen LogP contribution is -2.22. The number of aromatic amines is 2. The number of carbonyl (C=O) groups excluding carboxylic acids is 1. The number of fused-ring (bicyclic) bond motifs is 1. The normalized spacial score (nSPS) is 12.2. The first-order valence-corrected chi connectivity index (χ1v) is 9.56. The summed E-state index contributed by atoms with van der Waals surface area (Å²) < 4.78 is 1.92. The summed E-state index contributed by atoms with van der Waals surface area (Å²) >= 11 is 1.33. The van der Waals surface area contributed by atoms with Crippen molar-refractivity contribution in [2.75, 3.05) is 5.32 Å². The summed E-state index contributed by atoms with van der Waals surface area (Å²) in [6, 6.07) is 15.0. The summed E-state index contributed by atoms with van der Waals surface area (Å²) in [5.41, 5.74) is 2.61. The van der Waals surface area contributed by atoms with Crippen LogP contribution in [0.5, 0.6) is 0 Å². The van der Waals surface area contributed by atoms with E-state index in [0.29, 0.717) is 21.9 Å². The summed E-state index contributed by atoms with van der Waals surface area (Å²) in [6.45, 7) is 3.69. The Morgan fingerprint density at radius 2 is 1.86 bits per heavy atom. The van der Waals surface area contributed by atoms with Crippen molar-refractivity contribution in [3.8, 4) is 5.69 Å². The minimum Gasteiger partial charge on any atom is -0.325 e. The van der Waals surface area contributed by atoms with Gasteiger partial charge in [-0.25, -0.2) is 4.79 Å². The van der Waals surface area contributed by atoms with Crippen LogP contribution in [0.2, 0.25) is 0 Å². The predicted molar refractivity (Wildman–Crippen MR) is 109 cm³/mol. The molecule has 142 valence electrons. The first kappa shape index (κ1) is 18.1. The number of aryl methyl sites for hydroxylation is 1. The number of benzene rings is 2. The quantitative estimate of drug-likeness (QED) is 0.451. The average molecular weight is 394 g/mol. The summed E-state index contributed by atoms with van der Waals surface area (Å²) in [7, 11) is 0. The number of imidazole rings is 1. The number of aromatic nitrogens is 5. The molecule has 4 rings (SSSR count). The maximum Gasteiger partial charge on any atom is 0.323 e. The number of nitrogens with zero attached hydrogens (tertiary/aromatic N) is 3. The fourth-order valence-corrected chi connectivity index (χ4v) is 3.77.